The Kier molecular flexibility index (Phi) is 3.35. The number of ether oxygens (including phenoxy) is 2. The fourth-order valence-corrected chi connectivity index (χ4v) is 2.86. The van der Waals surface area contributed by atoms with Gasteiger partial charge in [0.2, 0.25) is 0 Å². The number of piperidine rings is 1. The summed E-state index contributed by atoms with van der Waals surface area (Å²) in [7, 11) is 1.36. The predicted octanol–water partition coefficient (Wildman–Crippen LogP) is 0.422. The monoisotopic (exact) mass is 277 g/mol. The third-order valence-corrected chi connectivity index (χ3v) is 4.23. The Hall–Kier alpha value is -1.66. The molecule has 1 aromatic heterocycles. The highest BCUT2D eigenvalue weighted by molar-refractivity contribution is 5.87. The Morgan fingerprint density at radius 3 is 3.00 bits per heavy atom. The average molecular weight is 277 g/mol. The van der Waals surface area contributed by atoms with E-state index in [1.807, 2.05) is 12.1 Å². The van der Waals surface area contributed by atoms with E-state index in [9.17, 15) is 4.79 Å². The molecule has 3 heterocycles. The standard InChI is InChI=1S/C14H19N3O3/c1-19-13(18)10-3-2-4-12(16-10)17-6-5-11(15)14(7-17)8-20-9-14/h2-4,11H,5-9,15H2,1H3. The zero-order valence-electron chi connectivity index (χ0n) is 11.5. The van der Waals surface area contributed by atoms with Crippen LogP contribution in [0.5, 0.6) is 0 Å². The van der Waals surface area contributed by atoms with Crippen LogP contribution in [0.4, 0.5) is 5.82 Å². The lowest BCUT2D eigenvalue weighted by atomic mass is 9.74. The Morgan fingerprint density at radius 1 is 1.55 bits per heavy atom. The Morgan fingerprint density at radius 2 is 2.35 bits per heavy atom. The smallest absolute Gasteiger partial charge is 0.356 e. The van der Waals surface area contributed by atoms with E-state index in [-0.39, 0.29) is 11.5 Å². The highest BCUT2D eigenvalue weighted by Gasteiger charge is 2.47. The van der Waals surface area contributed by atoms with Crippen LogP contribution in [0.1, 0.15) is 16.9 Å². The third-order valence-electron chi connectivity index (χ3n) is 4.23. The summed E-state index contributed by atoms with van der Waals surface area (Å²) in [5.74, 6) is 0.383. The molecule has 2 aliphatic rings. The van der Waals surface area contributed by atoms with Gasteiger partial charge in [0.25, 0.3) is 0 Å². The van der Waals surface area contributed by atoms with Crippen molar-refractivity contribution < 1.29 is 14.3 Å². The first-order chi connectivity index (χ1) is 9.64. The number of nitrogens with zero attached hydrogens (tertiary/aromatic N) is 2. The van der Waals surface area contributed by atoms with Gasteiger partial charge in [-0.05, 0) is 18.6 Å². The molecule has 1 aromatic rings. The van der Waals surface area contributed by atoms with Gasteiger partial charge in [0.05, 0.1) is 20.3 Å². The summed E-state index contributed by atoms with van der Waals surface area (Å²) in [6.07, 6.45) is 0.910. The van der Waals surface area contributed by atoms with Crippen molar-refractivity contribution in [3.8, 4) is 0 Å². The molecule has 1 unspecified atom stereocenters. The second-order valence-corrected chi connectivity index (χ2v) is 5.54. The molecule has 2 N–H and O–H groups in total. The maximum absolute atomic E-state index is 11.6. The molecule has 0 bridgehead atoms. The van der Waals surface area contributed by atoms with Gasteiger partial charge in [-0.15, -0.1) is 0 Å². The van der Waals surface area contributed by atoms with Gasteiger partial charge in [0.1, 0.15) is 5.82 Å². The van der Waals surface area contributed by atoms with E-state index >= 15 is 0 Å². The van der Waals surface area contributed by atoms with Gasteiger partial charge >= 0.3 is 5.97 Å². The van der Waals surface area contributed by atoms with Gasteiger partial charge in [-0.25, -0.2) is 9.78 Å². The minimum atomic E-state index is -0.415. The van der Waals surface area contributed by atoms with Gasteiger partial charge in [0, 0.05) is 24.5 Å². The Balaban J connectivity index is 1.81. The van der Waals surface area contributed by atoms with Crippen molar-refractivity contribution in [3.63, 3.8) is 0 Å². The summed E-state index contributed by atoms with van der Waals surface area (Å²) in [6.45, 7) is 3.09. The lowest BCUT2D eigenvalue weighted by Crippen LogP contribution is -2.64. The molecule has 2 fully saturated rings. The zero-order valence-corrected chi connectivity index (χ0v) is 11.5. The Bertz CT molecular complexity index is 516. The van der Waals surface area contributed by atoms with Crippen LogP contribution in [0.25, 0.3) is 0 Å². The molecule has 2 aliphatic heterocycles. The maximum Gasteiger partial charge on any atom is 0.356 e. The zero-order chi connectivity index (χ0) is 14.2. The fraction of sp³-hybridized carbons (Fsp3) is 0.571. The minimum Gasteiger partial charge on any atom is -0.464 e. The van der Waals surface area contributed by atoms with Crippen LogP contribution in [-0.4, -0.2) is 50.4 Å². The number of hydrogen-bond donors (Lipinski definition) is 1. The van der Waals surface area contributed by atoms with Crippen molar-refractivity contribution in [2.24, 2.45) is 11.1 Å². The van der Waals surface area contributed by atoms with Crippen molar-refractivity contribution in [2.75, 3.05) is 38.3 Å². The summed E-state index contributed by atoms with van der Waals surface area (Å²) in [5, 5.41) is 0. The lowest BCUT2D eigenvalue weighted by Gasteiger charge is -2.52. The Labute approximate surface area is 117 Å². The normalized spacial score (nSPS) is 24.3. The molecule has 3 rings (SSSR count). The van der Waals surface area contributed by atoms with E-state index in [1.165, 1.54) is 7.11 Å². The topological polar surface area (TPSA) is 77.7 Å². The van der Waals surface area contributed by atoms with E-state index in [0.717, 1.165) is 25.3 Å². The second kappa shape index (κ2) is 5.03. The number of aromatic nitrogens is 1. The van der Waals surface area contributed by atoms with Crippen molar-refractivity contribution in [1.29, 1.82) is 0 Å². The molecule has 6 nitrogen and oxygen atoms in total. The average Bonchev–Trinajstić information content (AvgIpc) is 2.45. The SMILES string of the molecule is COC(=O)c1cccc(N2CCC(N)C3(COC3)C2)n1. The number of rotatable bonds is 2. The van der Waals surface area contributed by atoms with E-state index in [1.54, 1.807) is 6.07 Å². The van der Waals surface area contributed by atoms with Crippen molar-refractivity contribution >= 4 is 11.8 Å². The van der Waals surface area contributed by atoms with Crippen molar-refractivity contribution in [3.05, 3.63) is 23.9 Å². The molecule has 1 atom stereocenters. The van der Waals surface area contributed by atoms with E-state index in [4.69, 9.17) is 15.2 Å². The van der Waals surface area contributed by atoms with Crippen LogP contribution < -0.4 is 10.6 Å². The quantitative estimate of drug-likeness (QED) is 0.790. The fourth-order valence-electron chi connectivity index (χ4n) is 2.86. The van der Waals surface area contributed by atoms with Crippen LogP contribution in [0.3, 0.4) is 0 Å². The van der Waals surface area contributed by atoms with Crippen LogP contribution in [-0.2, 0) is 9.47 Å². The lowest BCUT2D eigenvalue weighted by molar-refractivity contribution is -0.127. The van der Waals surface area contributed by atoms with E-state index in [0.29, 0.717) is 18.9 Å². The number of methoxy groups -OCH3 is 1. The number of carbonyl (C=O) groups is 1. The summed E-state index contributed by atoms with van der Waals surface area (Å²) in [4.78, 5) is 18.1. The molecule has 0 aromatic carbocycles. The van der Waals surface area contributed by atoms with Crippen LogP contribution in [0.2, 0.25) is 0 Å². The van der Waals surface area contributed by atoms with Crippen molar-refractivity contribution in [1.82, 2.24) is 4.98 Å². The highest BCUT2D eigenvalue weighted by atomic mass is 16.5. The molecule has 20 heavy (non-hydrogen) atoms. The van der Waals surface area contributed by atoms with Gasteiger partial charge < -0.3 is 20.1 Å². The van der Waals surface area contributed by atoms with Gasteiger partial charge in [-0.1, -0.05) is 6.07 Å². The first-order valence-electron chi connectivity index (χ1n) is 6.78. The number of nitrogens with two attached hydrogens (primary N) is 1. The number of hydrogen-bond acceptors (Lipinski definition) is 6. The number of carbonyl (C=O) groups excluding carboxylic acids is 1. The van der Waals surface area contributed by atoms with Gasteiger partial charge in [-0.2, -0.15) is 0 Å². The first kappa shape index (κ1) is 13.3. The number of esters is 1. The van der Waals surface area contributed by atoms with Crippen LogP contribution >= 0.6 is 0 Å². The molecule has 0 aliphatic carbocycles. The molecule has 0 amide bonds. The number of anilines is 1. The summed E-state index contributed by atoms with van der Waals surface area (Å²) in [5.41, 5.74) is 6.59. The van der Waals surface area contributed by atoms with E-state index in [2.05, 4.69) is 9.88 Å². The van der Waals surface area contributed by atoms with Gasteiger partial charge in [0.15, 0.2) is 5.69 Å². The highest BCUT2D eigenvalue weighted by Crippen LogP contribution is 2.37. The maximum atomic E-state index is 11.6. The summed E-state index contributed by atoms with van der Waals surface area (Å²) >= 11 is 0. The summed E-state index contributed by atoms with van der Waals surface area (Å²) in [6, 6.07) is 5.58. The first-order valence-corrected chi connectivity index (χ1v) is 6.78. The largest absolute Gasteiger partial charge is 0.464 e. The number of pyridine rings is 1. The summed E-state index contributed by atoms with van der Waals surface area (Å²) < 4.78 is 10.1. The molecular weight excluding hydrogens is 258 g/mol. The third kappa shape index (κ3) is 2.14. The van der Waals surface area contributed by atoms with Gasteiger partial charge in [-0.3, -0.25) is 0 Å². The molecule has 0 saturated carbocycles. The molecule has 0 radical (unpaired) electrons. The molecule has 108 valence electrons. The second-order valence-electron chi connectivity index (χ2n) is 5.54. The van der Waals surface area contributed by atoms with Crippen LogP contribution in [0, 0.1) is 5.41 Å². The molecule has 6 heteroatoms. The van der Waals surface area contributed by atoms with Crippen molar-refractivity contribution in [2.45, 2.75) is 12.5 Å². The predicted molar refractivity (Wildman–Crippen MR) is 73.6 cm³/mol. The van der Waals surface area contributed by atoms with Crippen LogP contribution in [0.15, 0.2) is 18.2 Å². The minimum absolute atomic E-state index is 0.0429. The molecule has 1 spiro atoms. The molecule has 2 saturated heterocycles. The van der Waals surface area contributed by atoms with E-state index < -0.39 is 5.97 Å². The molecular formula is C14H19N3O3.